The van der Waals surface area contributed by atoms with Gasteiger partial charge < -0.3 is 10.1 Å². The molecule has 1 atom stereocenters. The second-order valence-corrected chi connectivity index (χ2v) is 9.95. The summed E-state index contributed by atoms with van der Waals surface area (Å²) in [7, 11) is -2.50. The third kappa shape index (κ3) is 6.02. The fraction of sp³-hybridized carbons (Fsp3) is 0.261. The van der Waals surface area contributed by atoms with Crippen LogP contribution in [0, 0.1) is 0 Å². The topological polar surface area (TPSA) is 105 Å². The Bertz CT molecular complexity index is 1180. The molecule has 1 saturated heterocycles. The molecule has 0 radical (unpaired) electrons. The Morgan fingerprint density at radius 2 is 2.00 bits per heavy atom. The molecule has 1 heterocycles. The smallest absolute Gasteiger partial charge is 0.284 e. The number of rotatable bonds is 9. The van der Waals surface area contributed by atoms with Gasteiger partial charge in [-0.25, -0.2) is 0 Å². The average molecular weight is 488 g/mol. The molecule has 2 aromatic carbocycles. The van der Waals surface area contributed by atoms with Crippen molar-refractivity contribution in [3.8, 4) is 5.75 Å². The number of amides is 2. The highest BCUT2D eigenvalue weighted by Gasteiger charge is 2.39. The van der Waals surface area contributed by atoms with Gasteiger partial charge in [-0.05, 0) is 36.2 Å². The van der Waals surface area contributed by atoms with Gasteiger partial charge in [-0.1, -0.05) is 43.0 Å². The van der Waals surface area contributed by atoms with Gasteiger partial charge in [0.05, 0.1) is 12.0 Å². The number of aryl methyl sites for hydroxylation is 1. The van der Waals surface area contributed by atoms with Gasteiger partial charge in [0.2, 0.25) is 11.8 Å². The number of thioether (sulfide) groups is 1. The van der Waals surface area contributed by atoms with Crippen LogP contribution in [0.2, 0.25) is 0 Å². The van der Waals surface area contributed by atoms with Gasteiger partial charge in [-0.3, -0.25) is 14.5 Å². The number of methoxy groups -OCH3 is 1. The molecule has 33 heavy (non-hydrogen) atoms. The molecule has 10 heteroatoms. The molecule has 0 aliphatic carbocycles. The molecule has 174 valence electrons. The number of amidine groups is 1. The number of hydrogen-bond acceptors (Lipinski definition) is 6. The lowest BCUT2D eigenvalue weighted by Gasteiger charge is -2.13. The summed E-state index contributed by atoms with van der Waals surface area (Å²) in [5.74, 6) is -0.189. The van der Waals surface area contributed by atoms with Crippen molar-refractivity contribution in [2.24, 2.45) is 4.40 Å². The summed E-state index contributed by atoms with van der Waals surface area (Å²) >= 11 is 0.956. The normalized spacial score (nSPS) is 17.3. The third-order valence-corrected chi connectivity index (χ3v) is 7.46. The summed E-state index contributed by atoms with van der Waals surface area (Å²) in [4.78, 5) is 26.7. The Labute approximate surface area is 197 Å². The van der Waals surface area contributed by atoms with Crippen LogP contribution in [0.4, 0.5) is 5.69 Å². The molecular weight excluding hydrogens is 462 g/mol. The number of anilines is 1. The molecule has 0 bridgehead atoms. The number of sulfonamides is 1. The lowest BCUT2D eigenvalue weighted by atomic mass is 10.2. The first-order valence-corrected chi connectivity index (χ1v) is 12.6. The van der Waals surface area contributed by atoms with E-state index in [1.807, 2.05) is 6.92 Å². The van der Waals surface area contributed by atoms with Crippen LogP contribution >= 0.6 is 11.8 Å². The maximum Gasteiger partial charge on any atom is 0.284 e. The summed E-state index contributed by atoms with van der Waals surface area (Å²) in [6, 6.07) is 13.3. The van der Waals surface area contributed by atoms with E-state index in [0.717, 1.165) is 23.7 Å². The summed E-state index contributed by atoms with van der Waals surface area (Å²) in [5, 5.41) is 1.96. The number of benzene rings is 2. The quantitative estimate of drug-likeness (QED) is 0.543. The van der Waals surface area contributed by atoms with Crippen LogP contribution in [0.3, 0.4) is 0 Å². The maximum absolute atomic E-state index is 12.9. The van der Waals surface area contributed by atoms with Crippen molar-refractivity contribution in [2.75, 3.05) is 19.0 Å². The summed E-state index contributed by atoms with van der Waals surface area (Å²) in [5.41, 5.74) is 1.53. The number of ether oxygens (including phenoxy) is 1. The Morgan fingerprint density at radius 1 is 1.27 bits per heavy atom. The minimum atomic E-state index is -4.03. The second kappa shape index (κ2) is 10.7. The Balaban J connectivity index is 1.78. The van der Waals surface area contributed by atoms with Crippen LogP contribution < -0.4 is 10.1 Å². The van der Waals surface area contributed by atoms with E-state index in [1.54, 1.807) is 36.4 Å². The van der Waals surface area contributed by atoms with Crippen molar-refractivity contribution in [1.29, 1.82) is 0 Å². The number of nitrogens with one attached hydrogen (secondary N) is 1. The van der Waals surface area contributed by atoms with Crippen LogP contribution in [0.25, 0.3) is 0 Å². The molecule has 2 amide bonds. The monoisotopic (exact) mass is 487 g/mol. The number of hydrogen-bond donors (Lipinski definition) is 1. The van der Waals surface area contributed by atoms with E-state index in [4.69, 9.17) is 4.74 Å². The molecule has 1 fully saturated rings. The van der Waals surface area contributed by atoms with Crippen LogP contribution in [0.1, 0.15) is 18.9 Å². The number of carbonyl (C=O) groups excluding carboxylic acids is 2. The molecule has 1 unspecified atom stereocenters. The first-order chi connectivity index (χ1) is 15.8. The zero-order chi connectivity index (χ0) is 24.0. The molecule has 3 rings (SSSR count). The molecule has 1 N–H and O–H groups in total. The summed E-state index contributed by atoms with van der Waals surface area (Å²) < 4.78 is 34.7. The minimum Gasteiger partial charge on any atom is -0.497 e. The van der Waals surface area contributed by atoms with E-state index in [1.165, 1.54) is 30.2 Å². The average Bonchev–Trinajstić information content (AvgIpc) is 3.07. The van der Waals surface area contributed by atoms with Crippen molar-refractivity contribution >= 4 is 44.5 Å². The van der Waals surface area contributed by atoms with E-state index in [2.05, 4.69) is 16.3 Å². The van der Waals surface area contributed by atoms with E-state index in [-0.39, 0.29) is 28.9 Å². The van der Waals surface area contributed by atoms with Gasteiger partial charge in [-0.2, -0.15) is 8.42 Å². The zero-order valence-electron chi connectivity index (χ0n) is 18.4. The molecule has 1 aliphatic rings. The molecular formula is C23H25N3O5S2. The maximum atomic E-state index is 12.9. The molecule has 8 nitrogen and oxygen atoms in total. The molecule has 2 aromatic rings. The SMILES string of the molecule is C=CCN1C(=O)C(CC(=O)Nc2cccc(OC)c2)SC1=NS(=O)(=O)c1ccc(CC)cc1. The molecule has 0 aromatic heterocycles. The zero-order valence-corrected chi connectivity index (χ0v) is 20.0. The Hall–Kier alpha value is -3.11. The molecule has 0 spiro atoms. The van der Waals surface area contributed by atoms with Gasteiger partial charge in [-0.15, -0.1) is 11.0 Å². The number of carbonyl (C=O) groups is 2. The fourth-order valence-corrected chi connectivity index (χ4v) is 5.51. The van der Waals surface area contributed by atoms with Crippen LogP contribution in [-0.2, 0) is 26.0 Å². The third-order valence-electron chi connectivity index (χ3n) is 4.88. The van der Waals surface area contributed by atoms with E-state index in [9.17, 15) is 18.0 Å². The Morgan fingerprint density at radius 3 is 2.64 bits per heavy atom. The van der Waals surface area contributed by atoms with Crippen molar-refractivity contribution in [3.05, 3.63) is 66.7 Å². The minimum absolute atomic E-state index is 0.0265. The van der Waals surface area contributed by atoms with E-state index in [0.29, 0.717) is 11.4 Å². The summed E-state index contributed by atoms with van der Waals surface area (Å²) in [6.07, 6.45) is 2.12. The predicted molar refractivity (Wildman–Crippen MR) is 130 cm³/mol. The highest BCUT2D eigenvalue weighted by Crippen LogP contribution is 2.31. The highest BCUT2D eigenvalue weighted by molar-refractivity contribution is 8.16. The van der Waals surface area contributed by atoms with Crippen molar-refractivity contribution in [3.63, 3.8) is 0 Å². The van der Waals surface area contributed by atoms with E-state index >= 15 is 0 Å². The van der Waals surface area contributed by atoms with Crippen LogP contribution in [0.5, 0.6) is 5.75 Å². The largest absolute Gasteiger partial charge is 0.497 e. The molecule has 1 aliphatic heterocycles. The first kappa shape index (κ1) is 24.5. The fourth-order valence-electron chi connectivity index (χ4n) is 3.14. The molecule has 0 saturated carbocycles. The van der Waals surface area contributed by atoms with Crippen molar-refractivity contribution < 1.29 is 22.7 Å². The Kier molecular flexibility index (Phi) is 7.93. The van der Waals surface area contributed by atoms with Gasteiger partial charge in [0.1, 0.15) is 11.0 Å². The second-order valence-electron chi connectivity index (χ2n) is 7.17. The highest BCUT2D eigenvalue weighted by atomic mass is 32.2. The first-order valence-electron chi connectivity index (χ1n) is 10.2. The predicted octanol–water partition coefficient (Wildman–Crippen LogP) is 3.46. The van der Waals surface area contributed by atoms with E-state index < -0.39 is 21.2 Å². The van der Waals surface area contributed by atoms with Crippen LogP contribution in [-0.4, -0.2) is 49.2 Å². The van der Waals surface area contributed by atoms with Gasteiger partial charge in [0, 0.05) is 24.7 Å². The standard InChI is InChI=1S/C23H25N3O5S2/c1-4-13-26-22(28)20(15-21(27)24-17-7-6-8-18(14-17)31-3)32-23(26)25-33(29,30)19-11-9-16(5-2)10-12-19/h4,6-12,14,20H,1,5,13,15H2,2-3H3,(H,24,27). The van der Waals surface area contributed by atoms with Gasteiger partial charge >= 0.3 is 0 Å². The lowest BCUT2D eigenvalue weighted by Crippen LogP contribution is -2.33. The number of nitrogens with zero attached hydrogens (tertiary/aromatic N) is 2. The van der Waals surface area contributed by atoms with Crippen molar-refractivity contribution in [2.45, 2.75) is 29.9 Å². The van der Waals surface area contributed by atoms with Crippen LogP contribution in [0.15, 0.2) is 70.5 Å². The van der Waals surface area contributed by atoms with Gasteiger partial charge in [0.25, 0.3) is 10.0 Å². The summed E-state index contributed by atoms with van der Waals surface area (Å²) in [6.45, 7) is 5.69. The van der Waals surface area contributed by atoms with Gasteiger partial charge in [0.15, 0.2) is 5.17 Å². The lowest BCUT2D eigenvalue weighted by molar-refractivity contribution is -0.127. The van der Waals surface area contributed by atoms with Crippen molar-refractivity contribution in [1.82, 2.24) is 4.90 Å².